The predicted molar refractivity (Wildman–Crippen MR) is 199 cm³/mol. The van der Waals surface area contributed by atoms with Crippen molar-refractivity contribution in [1.29, 1.82) is 0 Å². The van der Waals surface area contributed by atoms with Crippen LogP contribution in [0.2, 0.25) is 5.15 Å². The van der Waals surface area contributed by atoms with Crippen LogP contribution in [0.25, 0.3) is 0 Å². The molecule has 0 saturated heterocycles. The molecule has 0 unspecified atom stereocenters. The second-order valence-electron chi connectivity index (χ2n) is 16.0. The maximum atomic E-state index is 5.89. The number of halogens is 1. The summed E-state index contributed by atoms with van der Waals surface area (Å²) in [5.74, 6) is 0. The van der Waals surface area contributed by atoms with Gasteiger partial charge in [0.2, 0.25) is 0 Å². The van der Waals surface area contributed by atoms with Crippen molar-refractivity contribution in [2.75, 3.05) is 0 Å². The van der Waals surface area contributed by atoms with Crippen molar-refractivity contribution in [2.45, 2.75) is 153 Å². The fraction of sp³-hybridized carbons (Fsp3) is 0.667. The van der Waals surface area contributed by atoms with Gasteiger partial charge in [0, 0.05) is 39.3 Å². The van der Waals surface area contributed by atoms with Crippen molar-refractivity contribution >= 4 is 34.5 Å². The number of H-pyrrole nitrogens is 1. The van der Waals surface area contributed by atoms with Crippen LogP contribution >= 0.6 is 34.5 Å². The summed E-state index contributed by atoms with van der Waals surface area (Å²) in [5.41, 5.74) is 10.6. The van der Waals surface area contributed by atoms with Gasteiger partial charge in [-0.3, -0.25) is 9.78 Å². The number of aromatic nitrogens is 6. The molecule has 254 valence electrons. The molecule has 1 N–H and O–H groups in total. The van der Waals surface area contributed by atoms with E-state index < -0.39 is 0 Å². The smallest absolute Gasteiger partial charge is 0.154 e. The van der Waals surface area contributed by atoms with E-state index in [1.165, 1.54) is 43.0 Å². The molecule has 4 aromatic rings. The minimum absolute atomic E-state index is 0.0775. The quantitative estimate of drug-likeness (QED) is 0.201. The van der Waals surface area contributed by atoms with Crippen LogP contribution in [-0.4, -0.2) is 29.3 Å². The van der Waals surface area contributed by atoms with Gasteiger partial charge in [0.1, 0.15) is 0 Å². The van der Waals surface area contributed by atoms with E-state index in [4.69, 9.17) is 11.6 Å². The first kappa shape index (κ1) is 41.0. The van der Waals surface area contributed by atoms with Crippen LogP contribution in [-0.2, 0) is 28.7 Å². The molecule has 0 atom stereocenters. The minimum atomic E-state index is 0.0775. The number of hydrogen-bond acceptors (Lipinski definition) is 6. The molecule has 0 saturated carbocycles. The van der Waals surface area contributed by atoms with Crippen LogP contribution in [0.1, 0.15) is 143 Å². The van der Waals surface area contributed by atoms with E-state index in [1.54, 1.807) is 11.5 Å². The Morgan fingerprint density at radius 1 is 0.644 bits per heavy atom. The van der Waals surface area contributed by atoms with E-state index in [9.17, 15) is 0 Å². The van der Waals surface area contributed by atoms with E-state index in [2.05, 4.69) is 149 Å². The standard InChI is InChI=1S/C10H18N2.2C9H15NS.C8H13ClN2/c1-7-9(10(3,4)5)8(2)12(6)11-7;1-6-8(9(3,4)5)11-7(2)10-6;1-6-8(9(3,4)5)7(2)11-10-6;1-5-6(8(2,3)4)7(9)11-10-5/h1-6H3;2*1-5H3;1-4H3,(H,10,11). The van der Waals surface area contributed by atoms with Gasteiger partial charge in [-0.25, -0.2) is 4.98 Å². The highest BCUT2D eigenvalue weighted by molar-refractivity contribution is 7.11. The number of hydrogen-bond donors (Lipinski definition) is 1. The Bertz CT molecular complexity index is 1430. The first-order valence-corrected chi connectivity index (χ1v) is 17.7. The van der Waals surface area contributed by atoms with Crippen LogP contribution in [0.15, 0.2) is 0 Å². The van der Waals surface area contributed by atoms with E-state index in [-0.39, 0.29) is 21.7 Å². The molecule has 0 aromatic carbocycles. The number of aryl methyl sites for hydroxylation is 7. The average Bonchev–Trinajstić information content (AvgIpc) is 3.53. The lowest BCUT2D eigenvalue weighted by Gasteiger charge is -2.19. The Kier molecular flexibility index (Phi) is 13.9. The first-order valence-electron chi connectivity index (χ1n) is 15.7. The second kappa shape index (κ2) is 15.2. The number of nitrogens with one attached hydrogen (secondary N) is 1. The third-order valence-electron chi connectivity index (χ3n) is 7.28. The van der Waals surface area contributed by atoms with Crippen molar-refractivity contribution in [3.63, 3.8) is 0 Å². The van der Waals surface area contributed by atoms with E-state index in [1.807, 2.05) is 30.0 Å². The summed E-state index contributed by atoms with van der Waals surface area (Å²) in [6.45, 7) is 41.0. The second-order valence-corrected chi connectivity index (χ2v) is 18.6. The van der Waals surface area contributed by atoms with Gasteiger partial charge in [-0.15, -0.1) is 11.3 Å². The maximum absolute atomic E-state index is 5.89. The molecule has 6 nitrogen and oxygen atoms in total. The van der Waals surface area contributed by atoms with Crippen LogP contribution in [0, 0.1) is 48.5 Å². The zero-order valence-corrected chi connectivity index (χ0v) is 34.3. The van der Waals surface area contributed by atoms with Crippen LogP contribution in [0.4, 0.5) is 0 Å². The monoisotopic (exact) mass is 676 g/mol. The molecule has 0 aliphatic carbocycles. The highest BCUT2D eigenvalue weighted by Crippen LogP contribution is 2.32. The molecule has 4 aromatic heterocycles. The van der Waals surface area contributed by atoms with Gasteiger partial charge in [-0.2, -0.15) is 14.6 Å². The minimum Gasteiger partial charge on any atom is -0.281 e. The summed E-state index contributed by atoms with van der Waals surface area (Å²) >= 11 is 9.31. The van der Waals surface area contributed by atoms with Crippen molar-refractivity contribution < 1.29 is 0 Å². The van der Waals surface area contributed by atoms with E-state index in [0.717, 1.165) is 17.0 Å². The van der Waals surface area contributed by atoms with Gasteiger partial charge in [-0.05, 0) is 87.2 Å². The van der Waals surface area contributed by atoms with Gasteiger partial charge in [0.05, 0.1) is 22.1 Å². The van der Waals surface area contributed by atoms with Gasteiger partial charge >= 0.3 is 0 Å². The number of thiazole rings is 1. The lowest BCUT2D eigenvalue weighted by molar-refractivity contribution is 0.580. The molecule has 4 heterocycles. The molecule has 0 radical (unpaired) electrons. The Balaban J connectivity index is 0.000000300. The summed E-state index contributed by atoms with van der Waals surface area (Å²) < 4.78 is 6.28. The number of aromatic amines is 1. The van der Waals surface area contributed by atoms with Crippen molar-refractivity contribution in [3.05, 3.63) is 65.1 Å². The Labute approximate surface area is 288 Å². The van der Waals surface area contributed by atoms with Gasteiger partial charge in [0.15, 0.2) is 5.15 Å². The summed E-state index contributed by atoms with van der Waals surface area (Å²) in [7, 11) is 2.00. The molecule has 0 bridgehead atoms. The molecular formula is C36H61ClN6S2. The topological polar surface area (TPSA) is 72.3 Å². The Morgan fingerprint density at radius 3 is 1.31 bits per heavy atom. The van der Waals surface area contributed by atoms with Crippen LogP contribution < -0.4 is 0 Å². The molecule has 0 amide bonds. The zero-order valence-electron chi connectivity index (χ0n) is 31.9. The SMILES string of the molecule is Cc1[nH]nc(Cl)c1C(C)(C)C.Cc1nc(C)c(C(C)(C)C)s1.Cc1nn(C)c(C)c1C(C)(C)C.Cc1nsc(C)c1C(C)(C)C. The first-order chi connectivity index (χ1) is 20.1. The van der Waals surface area contributed by atoms with E-state index in [0.29, 0.717) is 5.15 Å². The fourth-order valence-electron chi connectivity index (χ4n) is 5.91. The molecule has 4 rings (SSSR count). The summed E-state index contributed by atoms with van der Waals surface area (Å²) in [5, 5.41) is 12.9. The third-order valence-corrected chi connectivity index (χ3v) is 9.90. The largest absolute Gasteiger partial charge is 0.281 e. The molecular weight excluding hydrogens is 616 g/mol. The molecule has 0 fully saturated rings. The molecule has 0 spiro atoms. The average molecular weight is 678 g/mol. The third kappa shape index (κ3) is 11.6. The fourth-order valence-corrected chi connectivity index (χ4v) is 8.27. The molecule has 0 aliphatic heterocycles. The predicted octanol–water partition coefficient (Wildman–Crippen LogP) is 11.1. The van der Waals surface area contributed by atoms with Crippen molar-refractivity contribution in [2.24, 2.45) is 7.05 Å². The summed E-state index contributed by atoms with van der Waals surface area (Å²) in [4.78, 5) is 7.16. The molecule has 9 heteroatoms. The molecule has 0 aliphatic rings. The zero-order chi connectivity index (χ0) is 35.5. The molecule has 45 heavy (non-hydrogen) atoms. The highest BCUT2D eigenvalue weighted by atomic mass is 35.5. The number of rotatable bonds is 0. The normalized spacial score (nSPS) is 12.1. The summed E-state index contributed by atoms with van der Waals surface area (Å²) in [6, 6.07) is 0. The van der Waals surface area contributed by atoms with Crippen LogP contribution in [0.5, 0.6) is 0 Å². The highest BCUT2D eigenvalue weighted by Gasteiger charge is 2.23. The Morgan fingerprint density at radius 2 is 1.13 bits per heavy atom. The number of nitrogens with zero attached hydrogens (tertiary/aromatic N) is 5. The summed E-state index contributed by atoms with van der Waals surface area (Å²) in [6.07, 6.45) is 0. The van der Waals surface area contributed by atoms with Crippen LogP contribution in [0.3, 0.4) is 0 Å². The van der Waals surface area contributed by atoms with Gasteiger partial charge in [0.25, 0.3) is 0 Å². The van der Waals surface area contributed by atoms with Gasteiger partial charge < -0.3 is 0 Å². The van der Waals surface area contributed by atoms with Crippen molar-refractivity contribution in [3.8, 4) is 0 Å². The van der Waals surface area contributed by atoms with Gasteiger partial charge in [-0.1, -0.05) is 94.7 Å². The van der Waals surface area contributed by atoms with E-state index >= 15 is 0 Å². The lowest BCUT2D eigenvalue weighted by Crippen LogP contribution is -2.13. The maximum Gasteiger partial charge on any atom is 0.154 e. The lowest BCUT2D eigenvalue weighted by atomic mass is 9.85. The Hall–Kier alpha value is -2.03. The van der Waals surface area contributed by atoms with Crippen molar-refractivity contribution in [1.82, 2.24) is 29.3 Å².